The average Bonchev–Trinajstić information content (AvgIpc) is 2.55. The molecule has 1 spiro atoms. The molecule has 2 aliphatic rings. The van der Waals surface area contributed by atoms with Gasteiger partial charge in [-0.1, -0.05) is 18.6 Å². The third kappa shape index (κ3) is 3.11. The fourth-order valence-electron chi connectivity index (χ4n) is 3.64. The van der Waals surface area contributed by atoms with Crippen LogP contribution in [0.25, 0.3) is 0 Å². The molecule has 0 amide bonds. The van der Waals surface area contributed by atoms with Crippen LogP contribution in [0.15, 0.2) is 29.2 Å². The van der Waals surface area contributed by atoms with Crippen LogP contribution in [0.4, 0.5) is 5.69 Å². The third-order valence-corrected chi connectivity index (χ3v) is 6.70. The van der Waals surface area contributed by atoms with Crippen molar-refractivity contribution in [1.29, 1.82) is 0 Å². The van der Waals surface area contributed by atoms with Crippen molar-refractivity contribution in [2.24, 2.45) is 0 Å². The van der Waals surface area contributed by atoms with Crippen LogP contribution in [0, 0.1) is 10.1 Å². The van der Waals surface area contributed by atoms with Crippen LogP contribution >= 0.6 is 0 Å². The molecular formula is C15H21N3O4S. The maximum atomic E-state index is 12.9. The second-order valence-electron chi connectivity index (χ2n) is 6.33. The van der Waals surface area contributed by atoms with Gasteiger partial charge in [-0.2, -0.15) is 4.31 Å². The van der Waals surface area contributed by atoms with Gasteiger partial charge in [-0.05, 0) is 38.3 Å². The number of rotatable bonds is 3. The SMILES string of the molecule is O=[N+]([O-])c1ccccc1S(=O)(=O)N1CCCC2(CCCCN2)C1. The smallest absolute Gasteiger partial charge is 0.289 e. The van der Waals surface area contributed by atoms with Gasteiger partial charge in [0.05, 0.1) is 4.92 Å². The molecule has 7 nitrogen and oxygen atoms in total. The van der Waals surface area contributed by atoms with E-state index in [1.54, 1.807) is 0 Å². The highest BCUT2D eigenvalue weighted by molar-refractivity contribution is 7.89. The van der Waals surface area contributed by atoms with Gasteiger partial charge in [0.25, 0.3) is 5.69 Å². The highest BCUT2D eigenvalue weighted by Crippen LogP contribution is 2.34. The number of nitrogens with one attached hydrogen (secondary N) is 1. The summed E-state index contributed by atoms with van der Waals surface area (Å²) in [4.78, 5) is 10.3. The zero-order valence-corrected chi connectivity index (χ0v) is 13.7. The number of nitro benzene ring substituents is 1. The highest BCUT2D eigenvalue weighted by atomic mass is 32.2. The molecule has 8 heteroatoms. The predicted molar refractivity (Wildman–Crippen MR) is 85.7 cm³/mol. The van der Waals surface area contributed by atoms with Crippen LogP contribution < -0.4 is 5.32 Å². The number of para-hydroxylation sites is 1. The molecule has 3 rings (SSSR count). The third-order valence-electron chi connectivity index (χ3n) is 4.80. The van der Waals surface area contributed by atoms with Crippen molar-refractivity contribution >= 4 is 15.7 Å². The van der Waals surface area contributed by atoms with Crippen molar-refractivity contribution in [2.45, 2.75) is 42.5 Å². The molecule has 23 heavy (non-hydrogen) atoms. The minimum Gasteiger partial charge on any atom is -0.310 e. The minimum atomic E-state index is -3.86. The molecule has 0 aromatic heterocycles. The molecule has 1 unspecified atom stereocenters. The van der Waals surface area contributed by atoms with E-state index >= 15 is 0 Å². The molecule has 0 radical (unpaired) electrons. The number of hydrogen-bond acceptors (Lipinski definition) is 5. The van der Waals surface area contributed by atoms with Crippen LogP contribution in [0.2, 0.25) is 0 Å². The van der Waals surface area contributed by atoms with Crippen molar-refractivity contribution in [2.75, 3.05) is 19.6 Å². The first-order valence-electron chi connectivity index (χ1n) is 7.93. The van der Waals surface area contributed by atoms with Gasteiger partial charge in [0.1, 0.15) is 0 Å². The summed E-state index contributed by atoms with van der Waals surface area (Å²) in [6.07, 6.45) is 4.88. The Bertz CT molecular complexity index is 693. The second kappa shape index (κ2) is 6.18. The summed E-state index contributed by atoms with van der Waals surface area (Å²) in [5, 5.41) is 14.6. The number of nitrogens with zero attached hydrogens (tertiary/aromatic N) is 2. The Morgan fingerprint density at radius 2 is 1.91 bits per heavy atom. The van der Waals surface area contributed by atoms with Crippen LogP contribution in [-0.4, -0.2) is 42.8 Å². The molecular weight excluding hydrogens is 318 g/mol. The predicted octanol–water partition coefficient (Wildman–Crippen LogP) is 1.89. The van der Waals surface area contributed by atoms with E-state index < -0.39 is 14.9 Å². The Morgan fingerprint density at radius 1 is 1.17 bits per heavy atom. The summed E-state index contributed by atoms with van der Waals surface area (Å²) >= 11 is 0. The van der Waals surface area contributed by atoms with Gasteiger partial charge in [0.15, 0.2) is 4.90 Å². The molecule has 1 atom stereocenters. The summed E-state index contributed by atoms with van der Waals surface area (Å²) in [7, 11) is -3.86. The van der Waals surface area contributed by atoms with Crippen LogP contribution in [0.1, 0.15) is 32.1 Å². The van der Waals surface area contributed by atoms with Gasteiger partial charge in [-0.15, -0.1) is 0 Å². The molecule has 2 heterocycles. The lowest BCUT2D eigenvalue weighted by molar-refractivity contribution is -0.387. The standard InChI is InChI=1S/C15H21N3O4S/c19-18(20)13-6-1-2-7-14(13)23(21,22)17-11-5-9-15(12-17)8-3-4-10-16-15/h1-2,6-7,16H,3-5,8-12H2. The van der Waals surface area contributed by atoms with Gasteiger partial charge in [-0.3, -0.25) is 10.1 Å². The lowest BCUT2D eigenvalue weighted by Crippen LogP contribution is -2.59. The molecule has 0 aliphatic carbocycles. The van der Waals surface area contributed by atoms with Crippen molar-refractivity contribution in [3.8, 4) is 0 Å². The highest BCUT2D eigenvalue weighted by Gasteiger charge is 2.42. The largest absolute Gasteiger partial charge is 0.310 e. The summed E-state index contributed by atoms with van der Waals surface area (Å²) in [6, 6.07) is 5.57. The molecule has 2 aliphatic heterocycles. The average molecular weight is 339 g/mol. The maximum Gasteiger partial charge on any atom is 0.289 e. The summed E-state index contributed by atoms with van der Waals surface area (Å²) in [6.45, 7) is 1.71. The number of benzene rings is 1. The van der Waals surface area contributed by atoms with Gasteiger partial charge in [0.2, 0.25) is 10.0 Å². The van der Waals surface area contributed by atoms with Gasteiger partial charge >= 0.3 is 0 Å². The van der Waals surface area contributed by atoms with Crippen molar-refractivity contribution in [1.82, 2.24) is 9.62 Å². The van der Waals surface area contributed by atoms with E-state index in [2.05, 4.69) is 5.32 Å². The molecule has 0 bridgehead atoms. The lowest BCUT2D eigenvalue weighted by atomic mass is 9.82. The van der Waals surface area contributed by atoms with E-state index in [4.69, 9.17) is 0 Å². The Hall–Kier alpha value is -1.51. The lowest BCUT2D eigenvalue weighted by Gasteiger charge is -2.45. The Kier molecular flexibility index (Phi) is 4.39. The molecule has 2 fully saturated rings. The molecule has 0 saturated carbocycles. The Balaban J connectivity index is 1.92. The zero-order chi connectivity index (χ0) is 16.5. The topological polar surface area (TPSA) is 92.5 Å². The molecule has 1 N–H and O–H groups in total. The summed E-state index contributed by atoms with van der Waals surface area (Å²) < 4.78 is 27.3. The van der Waals surface area contributed by atoms with Crippen molar-refractivity contribution < 1.29 is 13.3 Å². The van der Waals surface area contributed by atoms with E-state index in [0.29, 0.717) is 13.1 Å². The molecule has 1 aromatic rings. The van der Waals surface area contributed by atoms with Crippen LogP contribution in [-0.2, 0) is 10.0 Å². The number of piperidine rings is 2. The normalized spacial score (nSPS) is 26.3. The first-order valence-corrected chi connectivity index (χ1v) is 9.37. The van der Waals surface area contributed by atoms with Gasteiger partial charge in [0, 0.05) is 24.7 Å². The zero-order valence-electron chi connectivity index (χ0n) is 12.9. The number of hydrogen-bond donors (Lipinski definition) is 1. The van der Waals surface area contributed by atoms with E-state index in [-0.39, 0.29) is 16.1 Å². The maximum absolute atomic E-state index is 12.9. The first-order chi connectivity index (χ1) is 10.9. The van der Waals surface area contributed by atoms with Gasteiger partial charge < -0.3 is 5.32 Å². The quantitative estimate of drug-likeness (QED) is 0.670. The fourth-order valence-corrected chi connectivity index (χ4v) is 5.36. The number of nitro groups is 1. The minimum absolute atomic E-state index is 0.173. The molecule has 126 valence electrons. The fraction of sp³-hybridized carbons (Fsp3) is 0.600. The Labute approximate surface area is 135 Å². The Morgan fingerprint density at radius 3 is 2.61 bits per heavy atom. The van der Waals surface area contributed by atoms with E-state index in [1.165, 1.54) is 28.6 Å². The second-order valence-corrected chi connectivity index (χ2v) is 8.24. The van der Waals surface area contributed by atoms with Crippen LogP contribution in [0.5, 0.6) is 0 Å². The van der Waals surface area contributed by atoms with Gasteiger partial charge in [-0.25, -0.2) is 8.42 Å². The number of sulfonamides is 1. The molecule has 2 saturated heterocycles. The van der Waals surface area contributed by atoms with E-state index in [1.807, 2.05) is 0 Å². The van der Waals surface area contributed by atoms with Crippen molar-refractivity contribution in [3.05, 3.63) is 34.4 Å². The van der Waals surface area contributed by atoms with E-state index in [9.17, 15) is 18.5 Å². The summed E-state index contributed by atoms with van der Waals surface area (Å²) in [5.74, 6) is 0. The summed E-state index contributed by atoms with van der Waals surface area (Å²) in [5.41, 5.74) is -0.531. The monoisotopic (exact) mass is 339 g/mol. The first kappa shape index (κ1) is 16.4. The van der Waals surface area contributed by atoms with E-state index in [0.717, 1.165) is 38.6 Å². The molecule has 1 aromatic carbocycles. The van der Waals surface area contributed by atoms with Crippen LogP contribution in [0.3, 0.4) is 0 Å². The van der Waals surface area contributed by atoms with Crippen molar-refractivity contribution in [3.63, 3.8) is 0 Å².